The molecule has 1 amide bonds. The highest BCUT2D eigenvalue weighted by Crippen LogP contribution is 2.20. The minimum atomic E-state index is -0.682. The second kappa shape index (κ2) is 6.35. The van der Waals surface area contributed by atoms with Crippen molar-refractivity contribution in [3.8, 4) is 0 Å². The van der Waals surface area contributed by atoms with Crippen LogP contribution < -0.4 is 5.32 Å². The van der Waals surface area contributed by atoms with Crippen LogP contribution in [-0.2, 0) is 4.79 Å². The number of nitrogens with one attached hydrogen (secondary N) is 1. The summed E-state index contributed by atoms with van der Waals surface area (Å²) in [7, 11) is 0. The zero-order chi connectivity index (χ0) is 12.8. The van der Waals surface area contributed by atoms with Crippen LogP contribution in [0.2, 0.25) is 0 Å². The maximum absolute atomic E-state index is 13.1. The fraction of sp³-hybridized carbons (Fsp3) is 0.462. The highest BCUT2D eigenvalue weighted by molar-refractivity contribution is 5.72. The number of aliphatic hydroxyl groups is 1. The van der Waals surface area contributed by atoms with Crippen LogP contribution >= 0.6 is 0 Å². The summed E-state index contributed by atoms with van der Waals surface area (Å²) in [6.07, 6.45) is 0.484. The molecule has 0 fully saturated rings. The summed E-state index contributed by atoms with van der Waals surface area (Å²) < 4.78 is 13.1. The third kappa shape index (κ3) is 4.95. The van der Waals surface area contributed by atoms with Crippen molar-refractivity contribution in [1.29, 1.82) is 0 Å². The molecule has 2 N–H and O–H groups in total. The van der Waals surface area contributed by atoms with E-state index >= 15 is 0 Å². The van der Waals surface area contributed by atoms with Gasteiger partial charge >= 0.3 is 0 Å². The monoisotopic (exact) mass is 239 g/mol. The Bertz CT molecular complexity index is 373. The molecule has 17 heavy (non-hydrogen) atoms. The third-order valence-corrected chi connectivity index (χ3v) is 2.48. The maximum atomic E-state index is 13.1. The van der Waals surface area contributed by atoms with E-state index in [0.717, 1.165) is 5.56 Å². The molecule has 0 heterocycles. The first-order chi connectivity index (χ1) is 7.99. The highest BCUT2D eigenvalue weighted by Gasteiger charge is 2.09. The smallest absolute Gasteiger partial charge is 0.216 e. The van der Waals surface area contributed by atoms with Gasteiger partial charge in [0.05, 0.1) is 6.10 Å². The number of rotatable bonds is 5. The molecule has 0 aliphatic rings. The van der Waals surface area contributed by atoms with Crippen LogP contribution in [0.5, 0.6) is 0 Å². The first-order valence-corrected chi connectivity index (χ1v) is 5.68. The van der Waals surface area contributed by atoms with Crippen molar-refractivity contribution in [2.75, 3.05) is 6.54 Å². The van der Waals surface area contributed by atoms with E-state index in [-0.39, 0.29) is 11.7 Å². The van der Waals surface area contributed by atoms with Gasteiger partial charge in [0.15, 0.2) is 0 Å². The Morgan fingerprint density at radius 1 is 1.47 bits per heavy atom. The molecule has 0 aromatic heterocycles. The van der Waals surface area contributed by atoms with Gasteiger partial charge in [0, 0.05) is 13.5 Å². The minimum absolute atomic E-state index is 0.0823. The van der Waals surface area contributed by atoms with Gasteiger partial charge in [-0.25, -0.2) is 4.39 Å². The standard InChI is InChI=1S/C13H18FNO2/c1-9-6-11(8-12(14)7-9)13(17)4-3-5-15-10(2)16/h6-8,13,17H,3-5H2,1-2H3,(H,15,16). The van der Waals surface area contributed by atoms with Gasteiger partial charge in [0.1, 0.15) is 5.82 Å². The van der Waals surface area contributed by atoms with E-state index in [2.05, 4.69) is 5.32 Å². The Morgan fingerprint density at radius 2 is 2.18 bits per heavy atom. The van der Waals surface area contributed by atoms with Gasteiger partial charge in [-0.2, -0.15) is 0 Å². The molecule has 1 aromatic rings. The van der Waals surface area contributed by atoms with Gasteiger partial charge in [-0.15, -0.1) is 0 Å². The van der Waals surface area contributed by atoms with Gasteiger partial charge in [-0.3, -0.25) is 4.79 Å². The number of carbonyl (C=O) groups excluding carboxylic acids is 1. The number of hydrogen-bond donors (Lipinski definition) is 2. The Balaban J connectivity index is 2.46. The number of benzene rings is 1. The maximum Gasteiger partial charge on any atom is 0.216 e. The van der Waals surface area contributed by atoms with E-state index in [4.69, 9.17) is 0 Å². The first kappa shape index (κ1) is 13.6. The molecule has 94 valence electrons. The molecule has 1 rings (SSSR count). The van der Waals surface area contributed by atoms with E-state index in [1.54, 1.807) is 13.0 Å². The molecule has 0 spiro atoms. The molecule has 0 saturated carbocycles. The van der Waals surface area contributed by atoms with E-state index in [0.29, 0.717) is 24.9 Å². The zero-order valence-corrected chi connectivity index (χ0v) is 10.2. The number of amides is 1. The molecular formula is C13H18FNO2. The summed E-state index contributed by atoms with van der Waals surface area (Å²) in [4.78, 5) is 10.6. The zero-order valence-electron chi connectivity index (χ0n) is 10.2. The second-order valence-electron chi connectivity index (χ2n) is 4.20. The molecule has 0 radical (unpaired) electrons. The molecule has 0 aliphatic heterocycles. The molecule has 3 nitrogen and oxygen atoms in total. The van der Waals surface area contributed by atoms with Crippen LogP contribution in [0.25, 0.3) is 0 Å². The largest absolute Gasteiger partial charge is 0.388 e. The molecule has 1 unspecified atom stereocenters. The second-order valence-corrected chi connectivity index (χ2v) is 4.20. The predicted octanol–water partition coefficient (Wildman–Crippen LogP) is 2.08. The number of carbonyl (C=O) groups is 1. The Morgan fingerprint density at radius 3 is 2.76 bits per heavy atom. The molecule has 4 heteroatoms. The number of aliphatic hydroxyl groups excluding tert-OH is 1. The van der Waals surface area contributed by atoms with Crippen LogP contribution in [0.15, 0.2) is 18.2 Å². The molecule has 1 atom stereocenters. The van der Waals surface area contributed by atoms with Crippen molar-refractivity contribution in [1.82, 2.24) is 5.32 Å². The van der Waals surface area contributed by atoms with Gasteiger partial charge in [0.2, 0.25) is 5.91 Å². The summed E-state index contributed by atoms with van der Waals surface area (Å²) in [5.41, 5.74) is 1.38. The Hall–Kier alpha value is -1.42. The van der Waals surface area contributed by atoms with E-state index in [1.165, 1.54) is 19.1 Å². The van der Waals surface area contributed by atoms with Crippen molar-refractivity contribution in [3.63, 3.8) is 0 Å². The number of hydrogen-bond acceptors (Lipinski definition) is 2. The van der Waals surface area contributed by atoms with Gasteiger partial charge in [0.25, 0.3) is 0 Å². The lowest BCUT2D eigenvalue weighted by Crippen LogP contribution is -2.21. The summed E-state index contributed by atoms with van der Waals surface area (Å²) in [6, 6.07) is 4.54. The summed E-state index contributed by atoms with van der Waals surface area (Å²) in [5, 5.41) is 12.5. The first-order valence-electron chi connectivity index (χ1n) is 5.68. The lowest BCUT2D eigenvalue weighted by Gasteiger charge is -2.12. The lowest BCUT2D eigenvalue weighted by molar-refractivity contribution is -0.118. The topological polar surface area (TPSA) is 49.3 Å². The molecular weight excluding hydrogens is 221 g/mol. The van der Waals surface area contributed by atoms with Crippen LogP contribution in [0.1, 0.15) is 37.0 Å². The van der Waals surface area contributed by atoms with Crippen molar-refractivity contribution >= 4 is 5.91 Å². The lowest BCUT2D eigenvalue weighted by atomic mass is 10.0. The van der Waals surface area contributed by atoms with Crippen molar-refractivity contribution in [2.24, 2.45) is 0 Å². The van der Waals surface area contributed by atoms with Crippen molar-refractivity contribution in [3.05, 3.63) is 35.1 Å². The fourth-order valence-electron chi connectivity index (χ4n) is 1.68. The van der Waals surface area contributed by atoms with Gasteiger partial charge < -0.3 is 10.4 Å². The summed E-state index contributed by atoms with van der Waals surface area (Å²) in [5.74, 6) is -0.415. The molecule has 0 bridgehead atoms. The Labute approximate surface area is 101 Å². The van der Waals surface area contributed by atoms with E-state index < -0.39 is 6.10 Å². The summed E-state index contributed by atoms with van der Waals surface area (Å²) in [6.45, 7) is 3.77. The average molecular weight is 239 g/mol. The SMILES string of the molecule is CC(=O)NCCCC(O)c1cc(C)cc(F)c1. The van der Waals surface area contributed by atoms with Gasteiger partial charge in [-0.1, -0.05) is 6.07 Å². The van der Waals surface area contributed by atoms with Crippen LogP contribution in [0, 0.1) is 12.7 Å². The van der Waals surface area contributed by atoms with E-state index in [1.807, 2.05) is 0 Å². The number of halogens is 1. The predicted molar refractivity (Wildman–Crippen MR) is 64.0 cm³/mol. The minimum Gasteiger partial charge on any atom is -0.388 e. The third-order valence-electron chi connectivity index (χ3n) is 2.48. The normalized spacial score (nSPS) is 12.2. The van der Waals surface area contributed by atoms with E-state index in [9.17, 15) is 14.3 Å². The van der Waals surface area contributed by atoms with Gasteiger partial charge in [-0.05, 0) is 43.0 Å². The quantitative estimate of drug-likeness (QED) is 0.773. The van der Waals surface area contributed by atoms with Crippen LogP contribution in [0.4, 0.5) is 4.39 Å². The van der Waals surface area contributed by atoms with Crippen LogP contribution in [0.3, 0.4) is 0 Å². The van der Waals surface area contributed by atoms with Crippen LogP contribution in [-0.4, -0.2) is 17.6 Å². The summed E-state index contributed by atoms with van der Waals surface area (Å²) >= 11 is 0. The molecule has 0 saturated heterocycles. The average Bonchev–Trinajstić information content (AvgIpc) is 2.22. The highest BCUT2D eigenvalue weighted by atomic mass is 19.1. The number of aryl methyl sites for hydroxylation is 1. The molecule has 1 aromatic carbocycles. The Kier molecular flexibility index (Phi) is 5.10. The fourth-order valence-corrected chi connectivity index (χ4v) is 1.68. The van der Waals surface area contributed by atoms with Crippen molar-refractivity contribution < 1.29 is 14.3 Å². The van der Waals surface area contributed by atoms with Crippen molar-refractivity contribution in [2.45, 2.75) is 32.8 Å². The molecule has 0 aliphatic carbocycles.